The van der Waals surface area contributed by atoms with Crippen LogP contribution in [0.25, 0.3) is 0 Å². The highest BCUT2D eigenvalue weighted by atomic mass is 16.7. The van der Waals surface area contributed by atoms with Gasteiger partial charge in [-0.15, -0.1) is 0 Å². The monoisotopic (exact) mass is 1040 g/mol. The van der Waals surface area contributed by atoms with Crippen LogP contribution < -0.4 is 5.32 Å². The van der Waals surface area contributed by atoms with Crippen molar-refractivity contribution in [1.29, 1.82) is 0 Å². The Labute approximate surface area is 456 Å². The van der Waals surface area contributed by atoms with E-state index in [1.165, 1.54) is 238 Å². The van der Waals surface area contributed by atoms with Crippen LogP contribution in [0.1, 0.15) is 303 Å². The molecule has 0 spiro atoms. The van der Waals surface area contributed by atoms with Crippen molar-refractivity contribution in [1.82, 2.24) is 5.32 Å². The van der Waals surface area contributed by atoms with Gasteiger partial charge < -0.3 is 40.3 Å². The van der Waals surface area contributed by atoms with Gasteiger partial charge in [-0.1, -0.05) is 281 Å². The van der Waals surface area contributed by atoms with E-state index in [0.29, 0.717) is 6.42 Å². The van der Waals surface area contributed by atoms with Crippen molar-refractivity contribution in [2.75, 3.05) is 13.2 Å². The first-order valence-electron chi connectivity index (χ1n) is 31.9. The lowest BCUT2D eigenvalue weighted by molar-refractivity contribution is -0.302. The number of aliphatic hydroxyl groups excluding tert-OH is 5. The predicted molar refractivity (Wildman–Crippen MR) is 313 cm³/mol. The van der Waals surface area contributed by atoms with Crippen molar-refractivity contribution in [3.63, 3.8) is 0 Å². The lowest BCUT2D eigenvalue weighted by Gasteiger charge is -2.40. The summed E-state index contributed by atoms with van der Waals surface area (Å²) < 4.78 is 11.2. The lowest BCUT2D eigenvalue weighted by atomic mass is 9.99. The van der Waals surface area contributed by atoms with Crippen molar-refractivity contribution in [3.05, 3.63) is 48.6 Å². The SMILES string of the molecule is CCCCCCCC/C=C/CC/C=C/C(O)C(COC1OC(CO)C(O)C(O)C1O)NC(=O)CCCCCCCCCCCCCCCCCCC/C=C\C/C=C\CCCCCCCCCCCCCCCCC. The highest BCUT2D eigenvalue weighted by Crippen LogP contribution is 2.23. The summed E-state index contributed by atoms with van der Waals surface area (Å²) in [5.74, 6) is -0.185. The predicted octanol–water partition coefficient (Wildman–Crippen LogP) is 16.5. The van der Waals surface area contributed by atoms with Gasteiger partial charge in [-0.2, -0.15) is 0 Å². The normalized spacial score (nSPS) is 19.3. The van der Waals surface area contributed by atoms with Crippen molar-refractivity contribution < 1.29 is 39.8 Å². The maximum Gasteiger partial charge on any atom is 0.220 e. The molecule has 434 valence electrons. The minimum absolute atomic E-state index is 0.185. The molecule has 6 N–H and O–H groups in total. The third-order valence-corrected chi connectivity index (χ3v) is 15.1. The topological polar surface area (TPSA) is 149 Å². The minimum atomic E-state index is -1.57. The van der Waals surface area contributed by atoms with Crippen LogP contribution in [-0.4, -0.2) is 87.5 Å². The Bertz CT molecular complexity index is 1300. The molecule has 0 bridgehead atoms. The molecule has 0 saturated carbocycles. The third kappa shape index (κ3) is 43.2. The van der Waals surface area contributed by atoms with Crippen molar-refractivity contribution >= 4 is 5.91 Å². The van der Waals surface area contributed by atoms with Crippen LogP contribution in [0.5, 0.6) is 0 Å². The van der Waals surface area contributed by atoms with E-state index in [2.05, 4.69) is 55.6 Å². The first-order valence-corrected chi connectivity index (χ1v) is 31.9. The summed E-state index contributed by atoms with van der Waals surface area (Å²) in [5.41, 5.74) is 0. The van der Waals surface area contributed by atoms with E-state index >= 15 is 0 Å². The molecule has 1 rings (SSSR count). The average Bonchev–Trinajstić information content (AvgIpc) is 3.40. The largest absolute Gasteiger partial charge is 0.394 e. The van der Waals surface area contributed by atoms with E-state index in [-0.39, 0.29) is 12.5 Å². The zero-order valence-corrected chi connectivity index (χ0v) is 48.4. The number of hydrogen-bond acceptors (Lipinski definition) is 8. The number of carbonyl (C=O) groups is 1. The molecule has 7 unspecified atom stereocenters. The Hall–Kier alpha value is -1.85. The van der Waals surface area contributed by atoms with Crippen LogP contribution in [0.15, 0.2) is 48.6 Å². The van der Waals surface area contributed by atoms with Gasteiger partial charge in [0, 0.05) is 6.42 Å². The molecule has 9 heteroatoms. The summed E-state index contributed by atoms with van der Waals surface area (Å²) in [4.78, 5) is 13.0. The van der Waals surface area contributed by atoms with E-state index in [1.807, 2.05) is 6.08 Å². The average molecular weight is 1040 g/mol. The molecule has 0 radical (unpaired) electrons. The van der Waals surface area contributed by atoms with Crippen LogP contribution in [0.2, 0.25) is 0 Å². The number of hydrogen-bond donors (Lipinski definition) is 6. The lowest BCUT2D eigenvalue weighted by Crippen LogP contribution is -2.60. The van der Waals surface area contributed by atoms with Crippen molar-refractivity contribution in [2.45, 2.75) is 346 Å². The minimum Gasteiger partial charge on any atom is -0.394 e. The van der Waals surface area contributed by atoms with E-state index in [9.17, 15) is 30.3 Å². The second kappa shape index (κ2) is 54.5. The number of carbonyl (C=O) groups excluding carboxylic acids is 1. The smallest absolute Gasteiger partial charge is 0.220 e. The number of allylic oxidation sites excluding steroid dienone is 7. The van der Waals surface area contributed by atoms with Gasteiger partial charge in [-0.25, -0.2) is 0 Å². The zero-order valence-electron chi connectivity index (χ0n) is 48.4. The Morgan fingerprint density at radius 1 is 0.459 bits per heavy atom. The molecule has 0 aromatic carbocycles. The first-order chi connectivity index (χ1) is 36.3. The second-order valence-corrected chi connectivity index (χ2v) is 22.2. The molecule has 0 aromatic heterocycles. The highest BCUT2D eigenvalue weighted by molar-refractivity contribution is 5.76. The number of aliphatic hydroxyl groups is 5. The molecule has 1 aliphatic heterocycles. The Balaban J connectivity index is 2.04. The summed E-state index contributed by atoms with van der Waals surface area (Å²) in [6.45, 7) is 3.76. The maximum atomic E-state index is 13.0. The van der Waals surface area contributed by atoms with Crippen LogP contribution in [0, 0.1) is 0 Å². The van der Waals surface area contributed by atoms with Gasteiger partial charge in [0.25, 0.3) is 0 Å². The Morgan fingerprint density at radius 3 is 1.22 bits per heavy atom. The molecule has 0 aromatic rings. The number of amides is 1. The summed E-state index contributed by atoms with van der Waals surface area (Å²) >= 11 is 0. The van der Waals surface area contributed by atoms with Crippen LogP contribution in [0.3, 0.4) is 0 Å². The summed E-state index contributed by atoms with van der Waals surface area (Å²) in [5, 5.41) is 54.4. The van der Waals surface area contributed by atoms with E-state index in [0.717, 1.165) is 44.9 Å². The Morgan fingerprint density at radius 2 is 0.811 bits per heavy atom. The van der Waals surface area contributed by atoms with Gasteiger partial charge in [0.2, 0.25) is 5.91 Å². The Kier molecular flexibility index (Phi) is 51.7. The molecule has 1 aliphatic rings. The number of ether oxygens (including phenoxy) is 2. The number of rotatable bonds is 55. The summed E-state index contributed by atoms with van der Waals surface area (Å²) in [6.07, 6.45) is 66.6. The first kappa shape index (κ1) is 70.2. The van der Waals surface area contributed by atoms with Crippen LogP contribution >= 0.6 is 0 Å². The van der Waals surface area contributed by atoms with E-state index in [4.69, 9.17) is 9.47 Å². The molecule has 1 amide bonds. The fourth-order valence-electron chi connectivity index (χ4n) is 10.1. The third-order valence-electron chi connectivity index (χ3n) is 15.1. The molecule has 1 saturated heterocycles. The fourth-order valence-corrected chi connectivity index (χ4v) is 10.1. The van der Waals surface area contributed by atoms with E-state index in [1.54, 1.807) is 6.08 Å². The van der Waals surface area contributed by atoms with Crippen LogP contribution in [-0.2, 0) is 14.3 Å². The van der Waals surface area contributed by atoms with Gasteiger partial charge in [-0.3, -0.25) is 4.79 Å². The van der Waals surface area contributed by atoms with Gasteiger partial charge in [0.05, 0.1) is 25.4 Å². The van der Waals surface area contributed by atoms with Gasteiger partial charge in [0.15, 0.2) is 6.29 Å². The molecular weight excluding hydrogens is 923 g/mol. The van der Waals surface area contributed by atoms with Gasteiger partial charge >= 0.3 is 0 Å². The molecule has 1 fully saturated rings. The molecular formula is C65H121NO8. The molecule has 0 aliphatic carbocycles. The number of unbranched alkanes of at least 4 members (excludes halogenated alkanes) is 39. The second-order valence-electron chi connectivity index (χ2n) is 22.2. The standard InChI is InChI=1S/C65H121NO8/c1-3-5-7-9-11-13-15-17-18-19-20-21-22-23-24-25-26-27-28-29-30-31-32-33-34-35-36-37-38-39-40-41-42-43-45-47-49-51-53-55-61(69)66-58(57-73-65-64(72)63(71)62(70)60(56-67)74-65)59(68)54-52-50-48-46-44-16-14-12-10-8-6-4-2/h26-27,29-30,44,46,52,54,58-60,62-65,67-68,70-72H,3-25,28,31-43,45,47-51,53,55-57H2,1-2H3,(H,66,69)/b27-26-,30-29-,46-44+,54-52+. The van der Waals surface area contributed by atoms with Crippen molar-refractivity contribution in [3.8, 4) is 0 Å². The maximum absolute atomic E-state index is 13.0. The van der Waals surface area contributed by atoms with Crippen molar-refractivity contribution in [2.24, 2.45) is 0 Å². The molecule has 9 nitrogen and oxygen atoms in total. The molecule has 7 atom stereocenters. The van der Waals surface area contributed by atoms with E-state index < -0.39 is 49.5 Å². The zero-order chi connectivity index (χ0) is 53.6. The van der Waals surface area contributed by atoms with Gasteiger partial charge in [-0.05, 0) is 64.2 Å². The molecule has 74 heavy (non-hydrogen) atoms. The summed E-state index contributed by atoms with van der Waals surface area (Å²) in [7, 11) is 0. The van der Waals surface area contributed by atoms with Crippen LogP contribution in [0.4, 0.5) is 0 Å². The molecule has 1 heterocycles. The highest BCUT2D eigenvalue weighted by Gasteiger charge is 2.44. The quantitative estimate of drug-likeness (QED) is 0.0261. The number of nitrogens with one attached hydrogen (secondary N) is 1. The summed E-state index contributed by atoms with van der Waals surface area (Å²) in [6, 6.07) is -0.821. The fraction of sp³-hybridized carbons (Fsp3) is 0.862. The van der Waals surface area contributed by atoms with Gasteiger partial charge in [0.1, 0.15) is 24.4 Å².